The molecule has 128 valence electrons. The Morgan fingerprint density at radius 2 is 1.67 bits per heavy atom. The molecular weight excluding hydrogens is 384 g/mol. The van der Waals surface area contributed by atoms with E-state index in [1.165, 1.54) is 25.3 Å². The first-order valence-corrected chi connectivity index (χ1v) is 7.65. The predicted molar refractivity (Wildman–Crippen MR) is 94.3 cm³/mol. The van der Waals surface area contributed by atoms with E-state index < -0.39 is 11.7 Å². The van der Waals surface area contributed by atoms with Crippen LogP contribution in [0.3, 0.4) is 0 Å². The van der Waals surface area contributed by atoms with Crippen molar-refractivity contribution in [2.75, 3.05) is 17.7 Å². The highest BCUT2D eigenvalue weighted by Crippen LogP contribution is 2.34. The topological polar surface area (TPSA) is 33.3 Å². The maximum atomic E-state index is 12.5. The lowest BCUT2D eigenvalue weighted by atomic mass is 10.2. The number of anilines is 2. The van der Waals surface area contributed by atoms with Crippen LogP contribution >= 0.6 is 35.4 Å². The molecule has 0 aliphatic rings. The minimum absolute atomic E-state index is 0.154. The van der Waals surface area contributed by atoms with Gasteiger partial charge in [0, 0.05) is 11.8 Å². The number of hydrogen-bond donors (Lipinski definition) is 2. The highest BCUT2D eigenvalue weighted by Gasteiger charge is 2.29. The van der Waals surface area contributed by atoms with Crippen molar-refractivity contribution in [3.63, 3.8) is 0 Å². The molecule has 0 aliphatic carbocycles. The molecule has 0 saturated carbocycles. The molecular formula is C15H11Cl2F3N2OS. The van der Waals surface area contributed by atoms with Crippen molar-refractivity contribution in [2.45, 2.75) is 6.18 Å². The number of ether oxygens (including phenoxy) is 1. The van der Waals surface area contributed by atoms with Crippen LogP contribution in [0.1, 0.15) is 5.56 Å². The summed E-state index contributed by atoms with van der Waals surface area (Å²) >= 11 is 17.1. The predicted octanol–water partition coefficient (Wildman–Crippen LogP) is 5.83. The fourth-order valence-corrected chi connectivity index (χ4v) is 2.54. The lowest BCUT2D eigenvalue weighted by molar-refractivity contribution is -0.137. The summed E-state index contributed by atoms with van der Waals surface area (Å²) in [5.41, 5.74) is 0.109. The van der Waals surface area contributed by atoms with Crippen LogP contribution in [-0.2, 0) is 6.18 Å². The SMILES string of the molecule is COc1cc(NC(=S)Nc2ccc(C(F)(F)F)cc2)c(Cl)cc1Cl. The second-order valence-corrected chi connectivity index (χ2v) is 5.84. The van der Waals surface area contributed by atoms with Gasteiger partial charge in [-0.15, -0.1) is 0 Å². The van der Waals surface area contributed by atoms with E-state index in [1.54, 1.807) is 6.07 Å². The van der Waals surface area contributed by atoms with E-state index in [0.29, 0.717) is 27.2 Å². The van der Waals surface area contributed by atoms with E-state index in [0.717, 1.165) is 12.1 Å². The van der Waals surface area contributed by atoms with Crippen LogP contribution in [0.4, 0.5) is 24.5 Å². The van der Waals surface area contributed by atoms with Gasteiger partial charge in [0.15, 0.2) is 5.11 Å². The van der Waals surface area contributed by atoms with Gasteiger partial charge in [0.1, 0.15) is 5.75 Å². The van der Waals surface area contributed by atoms with Crippen LogP contribution in [0.15, 0.2) is 36.4 Å². The number of nitrogens with one attached hydrogen (secondary N) is 2. The van der Waals surface area contributed by atoms with Gasteiger partial charge in [0.2, 0.25) is 0 Å². The molecule has 0 unspecified atom stereocenters. The number of halogens is 5. The maximum absolute atomic E-state index is 12.5. The molecule has 0 bridgehead atoms. The lowest BCUT2D eigenvalue weighted by Gasteiger charge is -2.14. The van der Waals surface area contributed by atoms with Gasteiger partial charge < -0.3 is 15.4 Å². The van der Waals surface area contributed by atoms with Gasteiger partial charge in [0.05, 0.1) is 28.4 Å². The molecule has 0 aliphatic heterocycles. The minimum Gasteiger partial charge on any atom is -0.495 e. The summed E-state index contributed by atoms with van der Waals surface area (Å²) < 4.78 is 42.7. The van der Waals surface area contributed by atoms with Crippen molar-refractivity contribution >= 4 is 51.9 Å². The van der Waals surface area contributed by atoms with E-state index >= 15 is 0 Å². The highest BCUT2D eigenvalue weighted by molar-refractivity contribution is 7.80. The number of methoxy groups -OCH3 is 1. The monoisotopic (exact) mass is 394 g/mol. The second kappa shape index (κ2) is 7.46. The first-order valence-electron chi connectivity index (χ1n) is 6.49. The lowest BCUT2D eigenvalue weighted by Crippen LogP contribution is -2.19. The van der Waals surface area contributed by atoms with E-state index in [2.05, 4.69) is 10.6 Å². The van der Waals surface area contributed by atoms with Gasteiger partial charge >= 0.3 is 6.18 Å². The van der Waals surface area contributed by atoms with Gasteiger partial charge in [-0.1, -0.05) is 23.2 Å². The Morgan fingerprint density at radius 3 is 2.21 bits per heavy atom. The third kappa shape index (κ3) is 4.66. The summed E-state index contributed by atoms with van der Waals surface area (Å²) in [6.45, 7) is 0. The summed E-state index contributed by atoms with van der Waals surface area (Å²) in [5.74, 6) is 0.404. The molecule has 0 spiro atoms. The minimum atomic E-state index is -4.38. The zero-order valence-electron chi connectivity index (χ0n) is 12.2. The Morgan fingerprint density at radius 1 is 1.04 bits per heavy atom. The number of thiocarbonyl (C=S) groups is 1. The molecule has 3 nitrogen and oxygen atoms in total. The van der Waals surface area contributed by atoms with Crippen molar-refractivity contribution < 1.29 is 17.9 Å². The molecule has 0 saturated heterocycles. The fraction of sp³-hybridized carbons (Fsp3) is 0.133. The first kappa shape index (κ1) is 18.6. The molecule has 0 atom stereocenters. The summed E-state index contributed by atoms with van der Waals surface area (Å²) in [6, 6.07) is 7.53. The molecule has 2 rings (SSSR count). The first-order chi connectivity index (χ1) is 11.2. The Labute approximate surface area is 151 Å². The number of benzene rings is 2. The Balaban J connectivity index is 2.08. The van der Waals surface area contributed by atoms with Crippen molar-refractivity contribution in [1.82, 2.24) is 0 Å². The largest absolute Gasteiger partial charge is 0.495 e. The quantitative estimate of drug-likeness (QED) is 0.641. The number of rotatable bonds is 3. The van der Waals surface area contributed by atoms with E-state index in [1.807, 2.05) is 0 Å². The number of hydrogen-bond acceptors (Lipinski definition) is 2. The molecule has 0 radical (unpaired) electrons. The average molecular weight is 395 g/mol. The van der Waals surface area contributed by atoms with Crippen molar-refractivity contribution in [2.24, 2.45) is 0 Å². The molecule has 9 heteroatoms. The second-order valence-electron chi connectivity index (χ2n) is 4.62. The van der Waals surface area contributed by atoms with Gasteiger partial charge in [-0.05, 0) is 42.5 Å². The zero-order valence-corrected chi connectivity index (χ0v) is 14.5. The van der Waals surface area contributed by atoms with Crippen LogP contribution < -0.4 is 15.4 Å². The summed E-state index contributed by atoms with van der Waals surface area (Å²) in [7, 11) is 1.46. The van der Waals surface area contributed by atoms with Gasteiger partial charge in [-0.25, -0.2) is 0 Å². The van der Waals surface area contributed by atoms with Gasteiger partial charge in [0.25, 0.3) is 0 Å². The van der Waals surface area contributed by atoms with Crippen LogP contribution in [0.25, 0.3) is 0 Å². The van der Waals surface area contributed by atoms with Crippen molar-refractivity contribution in [3.8, 4) is 5.75 Å². The Hall–Kier alpha value is -1.70. The summed E-state index contributed by atoms with van der Waals surface area (Å²) in [4.78, 5) is 0. The molecule has 0 fully saturated rings. The van der Waals surface area contributed by atoms with Crippen molar-refractivity contribution in [1.29, 1.82) is 0 Å². The third-order valence-electron chi connectivity index (χ3n) is 2.96. The van der Waals surface area contributed by atoms with Crippen LogP contribution in [0.2, 0.25) is 10.0 Å². The standard InChI is InChI=1S/C15H11Cl2F3N2OS/c1-23-13-7-12(10(16)6-11(13)17)22-14(24)21-9-4-2-8(3-5-9)15(18,19)20/h2-7H,1H3,(H2,21,22,24). The average Bonchev–Trinajstić information content (AvgIpc) is 2.49. The smallest absolute Gasteiger partial charge is 0.416 e. The van der Waals surface area contributed by atoms with E-state index in [4.69, 9.17) is 40.2 Å². The summed E-state index contributed by atoms with van der Waals surface area (Å²) in [5, 5.41) is 6.41. The molecule has 2 aromatic rings. The Bertz CT molecular complexity index is 752. The summed E-state index contributed by atoms with van der Waals surface area (Å²) in [6.07, 6.45) is -4.38. The van der Waals surface area contributed by atoms with E-state index in [9.17, 15) is 13.2 Å². The fourth-order valence-electron chi connectivity index (χ4n) is 1.81. The van der Waals surface area contributed by atoms with Crippen molar-refractivity contribution in [3.05, 3.63) is 52.0 Å². The van der Waals surface area contributed by atoms with Crippen LogP contribution in [0.5, 0.6) is 5.75 Å². The molecule has 2 N–H and O–H groups in total. The van der Waals surface area contributed by atoms with Crippen LogP contribution in [0, 0.1) is 0 Å². The Kier molecular flexibility index (Phi) is 5.79. The highest BCUT2D eigenvalue weighted by atomic mass is 35.5. The molecule has 0 aromatic heterocycles. The molecule has 0 amide bonds. The molecule has 0 heterocycles. The van der Waals surface area contributed by atoms with Gasteiger partial charge in [-0.3, -0.25) is 0 Å². The maximum Gasteiger partial charge on any atom is 0.416 e. The van der Waals surface area contributed by atoms with E-state index in [-0.39, 0.29) is 5.11 Å². The normalized spacial score (nSPS) is 11.1. The molecule has 24 heavy (non-hydrogen) atoms. The van der Waals surface area contributed by atoms with Gasteiger partial charge in [-0.2, -0.15) is 13.2 Å². The van der Waals surface area contributed by atoms with Crippen LogP contribution in [-0.4, -0.2) is 12.2 Å². The zero-order chi connectivity index (χ0) is 17.9. The number of alkyl halides is 3. The third-order valence-corrected chi connectivity index (χ3v) is 3.77. The molecule has 2 aromatic carbocycles.